The highest BCUT2D eigenvalue weighted by Gasteiger charge is 2.28. The number of carbonyl (C=O) groups is 2. The average Bonchev–Trinajstić information content (AvgIpc) is 3.48. The van der Waals surface area contributed by atoms with Crippen LogP contribution in [0.25, 0.3) is 10.9 Å². The van der Waals surface area contributed by atoms with Crippen molar-refractivity contribution in [2.45, 2.75) is 38.9 Å². The Morgan fingerprint density at radius 3 is 2.69 bits per heavy atom. The number of hydrogen-bond acceptors (Lipinski definition) is 6. The number of aromatic amines is 1. The zero-order valence-electron chi connectivity index (χ0n) is 19.7. The molecule has 3 N–H and O–H groups in total. The molecule has 4 heterocycles. The van der Waals surface area contributed by atoms with Gasteiger partial charge in [0.05, 0.1) is 23.3 Å². The molecule has 9 nitrogen and oxygen atoms in total. The van der Waals surface area contributed by atoms with E-state index in [0.717, 1.165) is 67.8 Å². The summed E-state index contributed by atoms with van der Waals surface area (Å²) < 4.78 is 0. The van der Waals surface area contributed by atoms with Crippen LogP contribution >= 0.6 is 0 Å². The molecular weight excluding hydrogens is 444 g/mol. The normalized spacial score (nSPS) is 18.4. The third-order valence-electron chi connectivity index (χ3n) is 7.43. The zero-order valence-corrected chi connectivity index (χ0v) is 19.7. The SMILES string of the molecule is O=C1CCCCN1Cc1n[nH]c2cc(O)c(C(=O)N3Cc4ccc(N5CCNCC5)cc4C3)cc12. The standard InChI is InChI=1S/C26H30N6O3/c33-24-13-22-20(23(29-28-22)16-31-8-2-1-3-25(31)34)12-21(24)26(35)32-14-17-4-5-19(11-18(17)15-32)30-9-6-27-7-10-30/h4-5,11-13,27,33H,1-3,6-10,14-16H2,(H,28,29). The molecular formula is C26H30N6O3. The molecule has 0 atom stereocenters. The summed E-state index contributed by atoms with van der Waals surface area (Å²) in [5.74, 6) is -0.132. The minimum atomic E-state index is -0.203. The number of piperidine rings is 1. The van der Waals surface area contributed by atoms with E-state index in [1.54, 1.807) is 17.0 Å². The van der Waals surface area contributed by atoms with E-state index in [4.69, 9.17) is 0 Å². The third-order valence-corrected chi connectivity index (χ3v) is 7.43. The summed E-state index contributed by atoms with van der Waals surface area (Å²) in [4.78, 5) is 31.7. The van der Waals surface area contributed by atoms with Gasteiger partial charge in [0.15, 0.2) is 0 Å². The zero-order chi connectivity index (χ0) is 23.9. The van der Waals surface area contributed by atoms with E-state index < -0.39 is 0 Å². The van der Waals surface area contributed by atoms with Gasteiger partial charge in [-0.15, -0.1) is 0 Å². The summed E-state index contributed by atoms with van der Waals surface area (Å²) in [6.45, 7) is 6.08. The van der Waals surface area contributed by atoms with Crippen LogP contribution in [0.1, 0.15) is 46.4 Å². The van der Waals surface area contributed by atoms with Crippen molar-refractivity contribution in [1.82, 2.24) is 25.3 Å². The monoisotopic (exact) mass is 474 g/mol. The van der Waals surface area contributed by atoms with E-state index in [1.807, 2.05) is 4.90 Å². The maximum atomic E-state index is 13.5. The topological polar surface area (TPSA) is 105 Å². The summed E-state index contributed by atoms with van der Waals surface area (Å²) >= 11 is 0. The predicted octanol–water partition coefficient (Wildman–Crippen LogP) is 2.35. The lowest BCUT2D eigenvalue weighted by molar-refractivity contribution is -0.133. The Balaban J connectivity index is 1.23. The fraction of sp³-hybridized carbons (Fsp3) is 0.423. The van der Waals surface area contributed by atoms with E-state index in [9.17, 15) is 14.7 Å². The van der Waals surface area contributed by atoms with Crippen molar-refractivity contribution in [3.63, 3.8) is 0 Å². The van der Waals surface area contributed by atoms with Crippen LogP contribution in [0.3, 0.4) is 0 Å². The number of amides is 2. The fourth-order valence-corrected chi connectivity index (χ4v) is 5.42. The number of hydrogen-bond donors (Lipinski definition) is 3. The molecule has 2 amide bonds. The van der Waals surface area contributed by atoms with Gasteiger partial charge in [0.1, 0.15) is 5.75 Å². The fourth-order valence-electron chi connectivity index (χ4n) is 5.42. The number of phenolic OH excluding ortho intramolecular Hbond substituents is 1. The Labute approximate surface area is 203 Å². The summed E-state index contributed by atoms with van der Waals surface area (Å²) in [6.07, 6.45) is 2.49. The van der Waals surface area contributed by atoms with E-state index in [-0.39, 0.29) is 23.1 Å². The van der Waals surface area contributed by atoms with Gasteiger partial charge in [-0.1, -0.05) is 6.07 Å². The van der Waals surface area contributed by atoms with Crippen molar-refractivity contribution in [3.8, 4) is 5.75 Å². The number of likely N-dealkylation sites (tertiary alicyclic amines) is 1. The number of rotatable bonds is 4. The number of aromatic hydroxyl groups is 1. The van der Waals surface area contributed by atoms with Crippen molar-refractivity contribution >= 4 is 28.4 Å². The van der Waals surface area contributed by atoms with Gasteiger partial charge in [-0.3, -0.25) is 14.7 Å². The number of fused-ring (bicyclic) bond motifs is 2. The van der Waals surface area contributed by atoms with Crippen LogP contribution in [0.2, 0.25) is 0 Å². The van der Waals surface area contributed by atoms with Gasteiger partial charge in [-0.25, -0.2) is 0 Å². The van der Waals surface area contributed by atoms with Crippen molar-refractivity contribution < 1.29 is 14.7 Å². The number of anilines is 1. The maximum absolute atomic E-state index is 13.5. The molecule has 182 valence electrons. The van der Waals surface area contributed by atoms with Gasteiger partial charge < -0.3 is 25.1 Å². The summed E-state index contributed by atoms with van der Waals surface area (Å²) in [5.41, 5.74) is 5.13. The minimum Gasteiger partial charge on any atom is -0.507 e. The molecule has 2 saturated heterocycles. The van der Waals surface area contributed by atoms with Gasteiger partial charge in [-0.05, 0) is 42.2 Å². The maximum Gasteiger partial charge on any atom is 0.258 e. The van der Waals surface area contributed by atoms with Gasteiger partial charge in [0.25, 0.3) is 5.91 Å². The second-order valence-electron chi connectivity index (χ2n) is 9.71. The van der Waals surface area contributed by atoms with Crippen molar-refractivity contribution in [2.75, 3.05) is 37.6 Å². The second-order valence-corrected chi connectivity index (χ2v) is 9.71. The van der Waals surface area contributed by atoms with Gasteiger partial charge >= 0.3 is 0 Å². The molecule has 1 aromatic heterocycles. The molecule has 0 radical (unpaired) electrons. The van der Waals surface area contributed by atoms with Crippen LogP contribution < -0.4 is 10.2 Å². The van der Waals surface area contributed by atoms with E-state index in [2.05, 4.69) is 38.6 Å². The van der Waals surface area contributed by atoms with E-state index in [1.165, 1.54) is 5.69 Å². The molecule has 3 aliphatic heterocycles. The van der Waals surface area contributed by atoms with Gasteiger partial charge in [0, 0.05) is 69.4 Å². The smallest absolute Gasteiger partial charge is 0.258 e. The molecule has 0 unspecified atom stereocenters. The quantitative estimate of drug-likeness (QED) is 0.536. The average molecular weight is 475 g/mol. The minimum absolute atomic E-state index is 0.0655. The number of nitrogens with zero attached hydrogens (tertiary/aromatic N) is 4. The molecule has 0 bridgehead atoms. The first-order valence-electron chi connectivity index (χ1n) is 12.4. The lowest BCUT2D eigenvalue weighted by Gasteiger charge is -2.29. The molecule has 2 fully saturated rings. The highest BCUT2D eigenvalue weighted by molar-refractivity contribution is 6.01. The first-order valence-corrected chi connectivity index (χ1v) is 12.4. The molecule has 35 heavy (non-hydrogen) atoms. The number of phenols is 1. The molecule has 2 aromatic carbocycles. The summed E-state index contributed by atoms with van der Waals surface area (Å²) in [6, 6.07) is 9.73. The lowest BCUT2D eigenvalue weighted by atomic mass is 10.1. The van der Waals surface area contributed by atoms with Crippen molar-refractivity contribution in [1.29, 1.82) is 0 Å². The number of nitrogens with one attached hydrogen (secondary N) is 2. The van der Waals surface area contributed by atoms with Crippen LogP contribution in [-0.4, -0.2) is 69.6 Å². The number of H-pyrrole nitrogens is 1. The Morgan fingerprint density at radius 2 is 1.86 bits per heavy atom. The second kappa shape index (κ2) is 8.88. The van der Waals surface area contributed by atoms with Crippen molar-refractivity contribution in [2.24, 2.45) is 0 Å². The Hall–Kier alpha value is -3.59. The van der Waals surface area contributed by atoms with E-state index in [0.29, 0.717) is 31.6 Å². The number of benzene rings is 2. The predicted molar refractivity (Wildman–Crippen MR) is 132 cm³/mol. The third kappa shape index (κ3) is 4.10. The van der Waals surface area contributed by atoms with Crippen LogP contribution in [0.15, 0.2) is 30.3 Å². The number of piperazine rings is 1. The number of aromatic nitrogens is 2. The molecule has 3 aromatic rings. The molecule has 6 rings (SSSR count). The Morgan fingerprint density at radius 1 is 1.03 bits per heavy atom. The lowest BCUT2D eigenvalue weighted by Crippen LogP contribution is -2.43. The summed E-state index contributed by atoms with van der Waals surface area (Å²) in [5, 5.41) is 22.1. The van der Waals surface area contributed by atoms with E-state index >= 15 is 0 Å². The molecule has 3 aliphatic rings. The molecule has 9 heteroatoms. The van der Waals surface area contributed by atoms with Crippen molar-refractivity contribution in [3.05, 3.63) is 52.7 Å². The molecule has 0 spiro atoms. The first-order chi connectivity index (χ1) is 17.1. The summed E-state index contributed by atoms with van der Waals surface area (Å²) in [7, 11) is 0. The molecule has 0 saturated carbocycles. The Kier molecular flexibility index (Phi) is 5.56. The highest BCUT2D eigenvalue weighted by atomic mass is 16.3. The Bertz CT molecular complexity index is 1300. The van der Waals surface area contributed by atoms with Crippen LogP contribution in [0.5, 0.6) is 5.75 Å². The van der Waals surface area contributed by atoms with Crippen LogP contribution in [0.4, 0.5) is 5.69 Å². The van der Waals surface area contributed by atoms with Crippen LogP contribution in [-0.2, 0) is 24.4 Å². The first kappa shape index (κ1) is 21.9. The highest BCUT2D eigenvalue weighted by Crippen LogP contribution is 2.32. The van der Waals surface area contributed by atoms with Crippen LogP contribution in [0, 0.1) is 0 Å². The van der Waals surface area contributed by atoms with Gasteiger partial charge in [0.2, 0.25) is 5.91 Å². The largest absolute Gasteiger partial charge is 0.507 e. The van der Waals surface area contributed by atoms with Gasteiger partial charge in [-0.2, -0.15) is 5.10 Å². The molecule has 0 aliphatic carbocycles. The number of carbonyl (C=O) groups excluding carboxylic acids is 2.